The Labute approximate surface area is 117 Å². The Bertz CT molecular complexity index is 550. The first-order valence-electron chi connectivity index (χ1n) is 6.88. The number of ether oxygens (including phenoxy) is 1. The first-order chi connectivity index (χ1) is 9.83. The van der Waals surface area contributed by atoms with E-state index >= 15 is 0 Å². The number of hydrogen-bond donors (Lipinski definition) is 1. The van der Waals surface area contributed by atoms with Gasteiger partial charge in [0.25, 0.3) is 5.91 Å². The third-order valence-electron chi connectivity index (χ3n) is 3.58. The summed E-state index contributed by atoms with van der Waals surface area (Å²) in [6.07, 6.45) is 5.96. The molecular weight excluding hydrogens is 254 g/mol. The molecule has 1 fully saturated rings. The predicted octanol–water partition coefficient (Wildman–Crippen LogP) is 3.01. The summed E-state index contributed by atoms with van der Waals surface area (Å²) in [6.45, 7) is 0. The molecule has 1 aliphatic rings. The van der Waals surface area contributed by atoms with Crippen molar-refractivity contribution in [3.8, 4) is 5.75 Å². The largest absolute Gasteiger partial charge is 0.488 e. The summed E-state index contributed by atoms with van der Waals surface area (Å²) in [5, 5.41) is 3.03. The van der Waals surface area contributed by atoms with Crippen molar-refractivity contribution in [2.75, 3.05) is 0 Å². The molecule has 4 heteroatoms. The van der Waals surface area contributed by atoms with Crippen molar-refractivity contribution in [1.82, 2.24) is 5.32 Å². The summed E-state index contributed by atoms with van der Waals surface area (Å²) in [6, 6.07) is 11.4. The van der Waals surface area contributed by atoms with Crippen LogP contribution < -0.4 is 10.1 Å². The van der Waals surface area contributed by atoms with Gasteiger partial charge in [0.05, 0.1) is 17.9 Å². The molecule has 1 aliphatic carbocycles. The van der Waals surface area contributed by atoms with E-state index in [4.69, 9.17) is 9.15 Å². The number of furan rings is 1. The van der Waals surface area contributed by atoms with E-state index in [2.05, 4.69) is 5.32 Å². The molecule has 2 aromatic rings. The molecule has 0 spiro atoms. The Hall–Kier alpha value is -2.23. The predicted molar refractivity (Wildman–Crippen MR) is 74.7 cm³/mol. The quantitative estimate of drug-likeness (QED) is 0.930. The van der Waals surface area contributed by atoms with Crippen molar-refractivity contribution in [3.05, 3.63) is 54.5 Å². The average molecular weight is 271 g/mol. The smallest absolute Gasteiger partial charge is 0.254 e. The second kappa shape index (κ2) is 5.82. The normalized spacial score (nSPS) is 21.6. The fraction of sp³-hybridized carbons (Fsp3) is 0.312. The van der Waals surface area contributed by atoms with Crippen LogP contribution in [0.3, 0.4) is 0 Å². The molecule has 1 N–H and O–H groups in total. The van der Waals surface area contributed by atoms with Crippen LogP contribution >= 0.6 is 0 Å². The number of hydrogen-bond acceptors (Lipinski definition) is 3. The van der Waals surface area contributed by atoms with Gasteiger partial charge in [0.2, 0.25) is 0 Å². The third-order valence-corrected chi connectivity index (χ3v) is 3.58. The standard InChI is InChI=1S/C16H17NO3/c18-16(12-9-10-19-11-12)17-14-7-4-8-15(14)20-13-5-2-1-3-6-13/h1-3,5-6,9-11,14-15H,4,7-8H2,(H,17,18)/t14-,15-/m0/s1. The van der Waals surface area contributed by atoms with E-state index in [9.17, 15) is 4.79 Å². The minimum absolute atomic E-state index is 0.0354. The zero-order valence-corrected chi connectivity index (χ0v) is 11.1. The number of nitrogens with one attached hydrogen (secondary N) is 1. The Kier molecular flexibility index (Phi) is 3.72. The molecule has 0 radical (unpaired) electrons. The maximum atomic E-state index is 12.0. The monoisotopic (exact) mass is 271 g/mol. The minimum Gasteiger partial charge on any atom is -0.488 e. The van der Waals surface area contributed by atoms with Gasteiger partial charge in [0.1, 0.15) is 18.1 Å². The van der Waals surface area contributed by atoms with Crippen LogP contribution in [0.25, 0.3) is 0 Å². The van der Waals surface area contributed by atoms with Crippen LogP contribution in [0.5, 0.6) is 5.75 Å². The fourth-order valence-electron chi connectivity index (χ4n) is 2.55. The van der Waals surface area contributed by atoms with E-state index in [0.717, 1.165) is 25.0 Å². The van der Waals surface area contributed by atoms with Gasteiger partial charge in [0, 0.05) is 0 Å². The van der Waals surface area contributed by atoms with E-state index in [1.165, 1.54) is 12.5 Å². The number of rotatable bonds is 4. The lowest BCUT2D eigenvalue weighted by Gasteiger charge is -2.22. The first-order valence-corrected chi connectivity index (χ1v) is 6.88. The second-order valence-electron chi connectivity index (χ2n) is 4.99. The molecule has 0 bridgehead atoms. The molecule has 0 saturated heterocycles. The first kappa shape index (κ1) is 12.8. The lowest BCUT2D eigenvalue weighted by molar-refractivity contribution is 0.0893. The topological polar surface area (TPSA) is 51.5 Å². The molecule has 1 saturated carbocycles. The summed E-state index contributed by atoms with van der Waals surface area (Å²) < 4.78 is 10.9. The van der Waals surface area contributed by atoms with Crippen LogP contribution in [0.4, 0.5) is 0 Å². The number of amides is 1. The average Bonchev–Trinajstić information content (AvgIpc) is 3.12. The summed E-state index contributed by atoms with van der Waals surface area (Å²) in [5.41, 5.74) is 0.551. The van der Waals surface area contributed by atoms with Gasteiger partial charge in [0.15, 0.2) is 0 Å². The highest BCUT2D eigenvalue weighted by molar-refractivity contribution is 5.94. The minimum atomic E-state index is -0.104. The number of carbonyl (C=O) groups is 1. The van der Waals surface area contributed by atoms with Gasteiger partial charge in [-0.15, -0.1) is 0 Å². The Morgan fingerprint density at radius 2 is 2.05 bits per heavy atom. The van der Waals surface area contributed by atoms with Gasteiger partial charge in [-0.2, -0.15) is 0 Å². The maximum Gasteiger partial charge on any atom is 0.254 e. The van der Waals surface area contributed by atoms with Gasteiger partial charge >= 0.3 is 0 Å². The highest BCUT2D eigenvalue weighted by atomic mass is 16.5. The molecule has 0 aliphatic heterocycles. The highest BCUT2D eigenvalue weighted by Crippen LogP contribution is 2.25. The molecule has 4 nitrogen and oxygen atoms in total. The molecule has 1 aromatic carbocycles. The van der Waals surface area contributed by atoms with E-state index in [1.807, 2.05) is 30.3 Å². The lowest BCUT2D eigenvalue weighted by atomic mass is 10.2. The summed E-state index contributed by atoms with van der Waals surface area (Å²) in [7, 11) is 0. The van der Waals surface area contributed by atoms with Crippen LogP contribution in [-0.2, 0) is 0 Å². The molecular formula is C16H17NO3. The van der Waals surface area contributed by atoms with Crippen LogP contribution in [0, 0.1) is 0 Å². The third kappa shape index (κ3) is 2.85. The van der Waals surface area contributed by atoms with Gasteiger partial charge in [-0.1, -0.05) is 18.2 Å². The van der Waals surface area contributed by atoms with Crippen molar-refractivity contribution in [3.63, 3.8) is 0 Å². The van der Waals surface area contributed by atoms with Gasteiger partial charge < -0.3 is 14.5 Å². The lowest BCUT2D eigenvalue weighted by Crippen LogP contribution is -2.42. The Morgan fingerprint density at radius 3 is 2.80 bits per heavy atom. The van der Waals surface area contributed by atoms with Crippen LogP contribution in [0.15, 0.2) is 53.3 Å². The number of para-hydroxylation sites is 1. The van der Waals surface area contributed by atoms with E-state index in [1.54, 1.807) is 6.07 Å². The van der Waals surface area contributed by atoms with Gasteiger partial charge in [-0.05, 0) is 37.5 Å². The fourth-order valence-corrected chi connectivity index (χ4v) is 2.55. The van der Waals surface area contributed by atoms with Crippen molar-refractivity contribution in [2.24, 2.45) is 0 Å². The van der Waals surface area contributed by atoms with E-state index < -0.39 is 0 Å². The van der Waals surface area contributed by atoms with Gasteiger partial charge in [-0.3, -0.25) is 4.79 Å². The highest BCUT2D eigenvalue weighted by Gasteiger charge is 2.30. The van der Waals surface area contributed by atoms with Gasteiger partial charge in [-0.25, -0.2) is 0 Å². The number of benzene rings is 1. The molecule has 3 rings (SSSR count). The molecule has 2 atom stereocenters. The molecule has 1 aromatic heterocycles. The van der Waals surface area contributed by atoms with Crippen molar-refractivity contribution in [2.45, 2.75) is 31.4 Å². The molecule has 104 valence electrons. The maximum absolute atomic E-state index is 12.0. The summed E-state index contributed by atoms with van der Waals surface area (Å²) in [5.74, 6) is 0.745. The Morgan fingerprint density at radius 1 is 1.20 bits per heavy atom. The van der Waals surface area contributed by atoms with Crippen LogP contribution in [0.1, 0.15) is 29.6 Å². The zero-order chi connectivity index (χ0) is 13.8. The second-order valence-corrected chi connectivity index (χ2v) is 4.99. The van der Waals surface area contributed by atoms with Crippen LogP contribution in [0.2, 0.25) is 0 Å². The van der Waals surface area contributed by atoms with E-state index in [0.29, 0.717) is 5.56 Å². The SMILES string of the molecule is O=C(N[C@H]1CCC[C@@H]1Oc1ccccc1)c1ccoc1. The molecule has 1 heterocycles. The van der Waals surface area contributed by atoms with Crippen molar-refractivity contribution < 1.29 is 13.9 Å². The molecule has 0 unspecified atom stereocenters. The zero-order valence-electron chi connectivity index (χ0n) is 11.1. The molecule has 20 heavy (non-hydrogen) atoms. The summed E-state index contributed by atoms with van der Waals surface area (Å²) in [4.78, 5) is 12.0. The van der Waals surface area contributed by atoms with Crippen molar-refractivity contribution in [1.29, 1.82) is 0 Å². The van der Waals surface area contributed by atoms with Crippen molar-refractivity contribution >= 4 is 5.91 Å². The molecule has 1 amide bonds. The van der Waals surface area contributed by atoms with Crippen LogP contribution in [-0.4, -0.2) is 18.1 Å². The Balaban J connectivity index is 1.62. The van der Waals surface area contributed by atoms with E-state index in [-0.39, 0.29) is 18.1 Å². The summed E-state index contributed by atoms with van der Waals surface area (Å²) >= 11 is 0. The number of carbonyl (C=O) groups excluding carboxylic acids is 1.